The van der Waals surface area contributed by atoms with Gasteiger partial charge < -0.3 is 20.1 Å². The van der Waals surface area contributed by atoms with Gasteiger partial charge in [-0.25, -0.2) is 4.31 Å². The summed E-state index contributed by atoms with van der Waals surface area (Å²) < 4.78 is 25.1. The van der Waals surface area contributed by atoms with Gasteiger partial charge in [0.15, 0.2) is 0 Å². The zero-order valence-corrected chi connectivity index (χ0v) is 23.0. The molecule has 2 aliphatic heterocycles. The zero-order chi connectivity index (χ0) is 28.3. The summed E-state index contributed by atoms with van der Waals surface area (Å²) in [6.45, 7) is 2.00. The molecule has 0 aromatic heterocycles. The van der Waals surface area contributed by atoms with E-state index in [0.29, 0.717) is 24.3 Å². The monoisotopic (exact) mass is 566 g/mol. The van der Waals surface area contributed by atoms with Crippen molar-refractivity contribution in [2.45, 2.75) is 18.9 Å². The lowest BCUT2D eigenvalue weighted by Crippen LogP contribution is -2.53. The van der Waals surface area contributed by atoms with Crippen LogP contribution in [0.15, 0.2) is 96.0 Å². The Kier molecular flexibility index (Phi) is 7.49. The Balaban J connectivity index is 1.22. The smallest absolute Gasteiger partial charge is 0.261 e. The summed E-state index contributed by atoms with van der Waals surface area (Å²) >= 11 is -2.84. The van der Waals surface area contributed by atoms with Crippen molar-refractivity contribution in [1.29, 1.82) is 0 Å². The van der Waals surface area contributed by atoms with Crippen LogP contribution in [0.1, 0.15) is 17.5 Å². The maximum absolute atomic E-state index is 13.6. The lowest BCUT2D eigenvalue weighted by Gasteiger charge is -2.43. The quantitative estimate of drug-likeness (QED) is 0.315. The number of amidine groups is 1. The standard InChI is InChI=1S/C31H29N5O4S/c37-29(32-16-15-21-9-11-23(12-10-21)30-33-17-18-34-30)20-28-31(38)36(41(39)40)27-8-4-3-7-26(27)35(28)25-14-13-22-5-1-2-6-24(22)19-25/h1-14,19,28H,15-18,20H2,(H,32,37)(H,33,34)(H,39,40)/p-1/t28-/m1/s1. The van der Waals surface area contributed by atoms with Crippen LogP contribution in [0.2, 0.25) is 0 Å². The average molecular weight is 567 g/mol. The molecule has 2 N–H and O–H groups in total. The predicted molar refractivity (Wildman–Crippen MR) is 160 cm³/mol. The van der Waals surface area contributed by atoms with Crippen molar-refractivity contribution in [3.05, 3.63) is 102 Å². The molecule has 0 fully saturated rings. The number of nitrogens with zero attached hydrogens (tertiary/aromatic N) is 3. The van der Waals surface area contributed by atoms with Crippen molar-refractivity contribution >= 4 is 56.8 Å². The van der Waals surface area contributed by atoms with Gasteiger partial charge in [-0.3, -0.25) is 18.8 Å². The van der Waals surface area contributed by atoms with Crippen LogP contribution >= 0.6 is 0 Å². The second-order valence-electron chi connectivity index (χ2n) is 9.91. The van der Waals surface area contributed by atoms with Crippen molar-refractivity contribution in [2.75, 3.05) is 28.8 Å². The second kappa shape index (κ2) is 11.5. The molecule has 0 saturated carbocycles. The lowest BCUT2D eigenvalue weighted by atomic mass is 10.0. The van der Waals surface area contributed by atoms with Crippen molar-refractivity contribution in [2.24, 2.45) is 4.99 Å². The fourth-order valence-electron chi connectivity index (χ4n) is 5.36. The van der Waals surface area contributed by atoms with Gasteiger partial charge in [-0.15, -0.1) is 0 Å². The number of rotatable bonds is 8. The van der Waals surface area contributed by atoms with Gasteiger partial charge in [-0.05, 0) is 47.0 Å². The van der Waals surface area contributed by atoms with Crippen LogP contribution in [0, 0.1) is 0 Å². The summed E-state index contributed by atoms with van der Waals surface area (Å²) in [4.78, 5) is 33.0. The molecule has 6 rings (SSSR count). The van der Waals surface area contributed by atoms with E-state index in [4.69, 9.17) is 0 Å². The number of carbonyl (C=O) groups is 2. The van der Waals surface area contributed by atoms with Crippen molar-refractivity contribution in [3.63, 3.8) is 0 Å². The largest absolute Gasteiger partial charge is 0.755 e. The zero-order valence-electron chi connectivity index (χ0n) is 22.2. The molecule has 9 nitrogen and oxygen atoms in total. The van der Waals surface area contributed by atoms with Gasteiger partial charge >= 0.3 is 0 Å². The predicted octanol–water partition coefficient (Wildman–Crippen LogP) is 3.59. The number of nitrogens with one attached hydrogen (secondary N) is 2. The van der Waals surface area contributed by atoms with Crippen LogP contribution in [-0.2, 0) is 27.3 Å². The average Bonchev–Trinajstić information content (AvgIpc) is 3.53. The van der Waals surface area contributed by atoms with Gasteiger partial charge in [0.05, 0.1) is 35.6 Å². The Hall–Kier alpha value is -4.54. The highest BCUT2D eigenvalue weighted by molar-refractivity contribution is 7.81. The Morgan fingerprint density at radius 1 is 0.976 bits per heavy atom. The van der Waals surface area contributed by atoms with Gasteiger partial charge in [0.25, 0.3) is 5.91 Å². The van der Waals surface area contributed by atoms with E-state index in [1.165, 1.54) is 0 Å². The molecule has 4 aromatic rings. The normalized spacial score (nSPS) is 17.1. The van der Waals surface area contributed by atoms with Gasteiger partial charge in [0.1, 0.15) is 11.9 Å². The molecular formula is C31H28N5O4S-. The molecule has 0 aliphatic carbocycles. The summed E-state index contributed by atoms with van der Waals surface area (Å²) in [6.07, 6.45) is 0.399. The van der Waals surface area contributed by atoms with Crippen LogP contribution in [0.4, 0.5) is 17.1 Å². The minimum atomic E-state index is -2.84. The summed E-state index contributed by atoms with van der Waals surface area (Å²) in [6, 6.07) is 27.4. The van der Waals surface area contributed by atoms with E-state index in [9.17, 15) is 18.4 Å². The summed E-state index contributed by atoms with van der Waals surface area (Å²) in [5, 5.41) is 8.16. The fourth-order valence-corrected chi connectivity index (χ4v) is 5.95. The van der Waals surface area contributed by atoms with E-state index in [1.807, 2.05) is 66.7 Å². The minimum Gasteiger partial charge on any atom is -0.755 e. The maximum Gasteiger partial charge on any atom is 0.261 e. The van der Waals surface area contributed by atoms with Gasteiger partial charge in [-0.2, -0.15) is 0 Å². The number of anilines is 3. The van der Waals surface area contributed by atoms with Crippen molar-refractivity contribution < 1.29 is 18.4 Å². The Labute approximate surface area is 240 Å². The first-order valence-electron chi connectivity index (χ1n) is 13.4. The van der Waals surface area contributed by atoms with Crippen LogP contribution < -0.4 is 19.8 Å². The third-order valence-corrected chi connectivity index (χ3v) is 8.01. The number of hydrogen-bond acceptors (Lipinski definition) is 7. The molecule has 2 heterocycles. The highest BCUT2D eigenvalue weighted by Crippen LogP contribution is 2.42. The van der Waals surface area contributed by atoms with E-state index in [0.717, 1.165) is 45.1 Å². The molecule has 2 amide bonds. The number of hydrogen-bond donors (Lipinski definition) is 2. The number of benzene rings is 4. The number of carbonyl (C=O) groups excluding carboxylic acids is 2. The molecule has 10 heteroatoms. The van der Waals surface area contributed by atoms with Gasteiger partial charge in [0, 0.05) is 24.3 Å². The molecule has 1 unspecified atom stereocenters. The molecule has 0 radical (unpaired) electrons. The van der Waals surface area contributed by atoms with E-state index in [2.05, 4.69) is 15.6 Å². The Morgan fingerprint density at radius 2 is 1.71 bits per heavy atom. The topological polar surface area (TPSA) is 117 Å². The van der Waals surface area contributed by atoms with E-state index in [-0.39, 0.29) is 18.0 Å². The molecule has 0 bridgehead atoms. The highest BCUT2D eigenvalue weighted by Gasteiger charge is 2.40. The molecule has 2 aliphatic rings. The molecular weight excluding hydrogens is 538 g/mol. The van der Waals surface area contributed by atoms with E-state index < -0.39 is 23.2 Å². The molecule has 41 heavy (non-hydrogen) atoms. The molecule has 4 aromatic carbocycles. The highest BCUT2D eigenvalue weighted by atomic mass is 32.2. The van der Waals surface area contributed by atoms with E-state index in [1.54, 1.807) is 29.2 Å². The first-order valence-corrected chi connectivity index (χ1v) is 14.5. The minimum absolute atomic E-state index is 0.210. The molecule has 208 valence electrons. The lowest BCUT2D eigenvalue weighted by molar-refractivity contribution is -0.125. The number of para-hydroxylation sites is 2. The fraction of sp³-hybridized carbons (Fsp3) is 0.194. The van der Waals surface area contributed by atoms with Crippen LogP contribution in [0.25, 0.3) is 10.8 Å². The van der Waals surface area contributed by atoms with Gasteiger partial charge in [0.2, 0.25) is 5.91 Å². The number of aliphatic imine (C=N–C) groups is 1. The van der Waals surface area contributed by atoms with Crippen molar-refractivity contribution in [1.82, 2.24) is 10.6 Å². The molecule has 2 atom stereocenters. The summed E-state index contributed by atoms with van der Waals surface area (Å²) in [7, 11) is 0. The van der Waals surface area contributed by atoms with Crippen LogP contribution in [0.5, 0.6) is 0 Å². The third-order valence-electron chi connectivity index (χ3n) is 7.33. The van der Waals surface area contributed by atoms with E-state index >= 15 is 0 Å². The molecule has 0 saturated heterocycles. The number of fused-ring (bicyclic) bond motifs is 2. The second-order valence-corrected chi connectivity index (χ2v) is 10.7. The first kappa shape index (κ1) is 26.7. The van der Waals surface area contributed by atoms with Gasteiger partial charge in [-0.1, -0.05) is 66.7 Å². The Morgan fingerprint density at radius 3 is 2.44 bits per heavy atom. The van der Waals surface area contributed by atoms with Crippen LogP contribution in [-0.4, -0.2) is 52.1 Å². The van der Waals surface area contributed by atoms with Crippen molar-refractivity contribution in [3.8, 4) is 0 Å². The summed E-state index contributed by atoms with van der Waals surface area (Å²) in [5.74, 6) is -0.127. The Bertz CT molecular complexity index is 1670. The summed E-state index contributed by atoms with van der Waals surface area (Å²) in [5.41, 5.74) is 3.56. The number of amides is 2. The third kappa shape index (κ3) is 5.44. The first-order chi connectivity index (χ1) is 20.0. The molecule has 0 spiro atoms. The SMILES string of the molecule is O=C(C[C@@H]1C(=O)N(S(=O)[O-])c2ccccc2N1c1ccc2ccccc2c1)NCCc1ccc(C2=NCCN2)cc1. The van der Waals surface area contributed by atoms with Crippen LogP contribution in [0.3, 0.4) is 0 Å². The maximum atomic E-state index is 13.6.